The minimum atomic E-state index is -0.441. The molecule has 0 saturated carbocycles. The first-order valence-electron chi connectivity index (χ1n) is 7.47. The van der Waals surface area contributed by atoms with Gasteiger partial charge in [-0.15, -0.1) is 5.06 Å². The molecule has 4 rings (SSSR count). The van der Waals surface area contributed by atoms with Gasteiger partial charge in [0.15, 0.2) is 0 Å². The number of hydrogen-bond donors (Lipinski definition) is 0. The van der Waals surface area contributed by atoms with Gasteiger partial charge in [-0.3, -0.25) is 9.59 Å². The summed E-state index contributed by atoms with van der Waals surface area (Å²) in [5.41, 5.74) is 2.09. The van der Waals surface area contributed by atoms with Crippen LogP contribution in [0.15, 0.2) is 65.6 Å². The van der Waals surface area contributed by atoms with E-state index in [1.165, 1.54) is 0 Å². The lowest BCUT2D eigenvalue weighted by atomic mass is 9.95. The van der Waals surface area contributed by atoms with Gasteiger partial charge in [-0.1, -0.05) is 42.0 Å². The Labute approximate surface area is 143 Å². The van der Waals surface area contributed by atoms with Gasteiger partial charge in [0.1, 0.15) is 0 Å². The normalized spacial score (nSPS) is 13.6. The van der Waals surface area contributed by atoms with Crippen LogP contribution < -0.4 is 0 Å². The third-order valence-corrected chi connectivity index (χ3v) is 4.65. The largest absolute Gasteiger partial charge is 0.286 e. The molecule has 1 aliphatic rings. The Morgan fingerprint density at radius 1 is 0.833 bits per heavy atom. The highest BCUT2D eigenvalue weighted by Gasteiger charge is 2.34. The van der Waals surface area contributed by atoms with Crippen molar-refractivity contribution in [1.82, 2.24) is 5.06 Å². The van der Waals surface area contributed by atoms with Gasteiger partial charge in [0.2, 0.25) is 0 Å². The molecule has 0 saturated heterocycles. The van der Waals surface area contributed by atoms with Crippen LogP contribution >= 0.6 is 12.0 Å². The Hall–Kier alpha value is -2.63. The summed E-state index contributed by atoms with van der Waals surface area (Å²) in [5, 5.41) is 2.40. The van der Waals surface area contributed by atoms with Gasteiger partial charge in [-0.05, 0) is 36.6 Å². The number of hydroxylamine groups is 2. The molecule has 0 atom stereocenters. The van der Waals surface area contributed by atoms with Crippen molar-refractivity contribution in [3.05, 3.63) is 77.4 Å². The predicted octanol–water partition coefficient (Wildman–Crippen LogP) is 4.38. The van der Waals surface area contributed by atoms with Crippen LogP contribution in [0.4, 0.5) is 0 Å². The molecule has 0 aromatic heterocycles. The Balaban J connectivity index is 1.68. The molecule has 3 aromatic carbocycles. The smallest absolute Gasteiger partial charge is 0.266 e. The van der Waals surface area contributed by atoms with Crippen molar-refractivity contribution in [3.63, 3.8) is 0 Å². The Morgan fingerprint density at radius 3 is 2.00 bits per heavy atom. The van der Waals surface area contributed by atoms with Crippen LogP contribution in [0.1, 0.15) is 26.3 Å². The summed E-state index contributed by atoms with van der Waals surface area (Å²) >= 11 is 0.992. The Bertz CT molecular complexity index is 915. The van der Waals surface area contributed by atoms with E-state index in [0.717, 1.165) is 33.0 Å². The Morgan fingerprint density at radius 2 is 1.42 bits per heavy atom. The molecule has 1 aliphatic heterocycles. The molecule has 0 aliphatic carbocycles. The zero-order chi connectivity index (χ0) is 16.7. The fourth-order valence-electron chi connectivity index (χ4n) is 2.75. The van der Waals surface area contributed by atoms with Crippen LogP contribution in [0.25, 0.3) is 10.8 Å². The lowest BCUT2D eigenvalue weighted by molar-refractivity contribution is -0.00752. The second kappa shape index (κ2) is 5.78. The first kappa shape index (κ1) is 14.9. The van der Waals surface area contributed by atoms with Crippen molar-refractivity contribution in [3.8, 4) is 0 Å². The quantitative estimate of drug-likeness (QED) is 0.526. The van der Waals surface area contributed by atoms with Crippen molar-refractivity contribution in [1.29, 1.82) is 0 Å². The van der Waals surface area contributed by atoms with E-state index in [1.807, 2.05) is 43.3 Å². The number of imide groups is 1. The summed E-state index contributed by atoms with van der Waals surface area (Å²) in [4.78, 5) is 26.1. The molecular weight excluding hydrogens is 322 g/mol. The summed E-state index contributed by atoms with van der Waals surface area (Å²) in [6.07, 6.45) is 0. The minimum absolute atomic E-state index is 0.441. The summed E-state index contributed by atoms with van der Waals surface area (Å²) in [7, 11) is 0. The number of rotatable bonds is 3. The molecule has 24 heavy (non-hydrogen) atoms. The van der Waals surface area contributed by atoms with Gasteiger partial charge in [0.05, 0.1) is 23.2 Å². The van der Waals surface area contributed by atoms with Gasteiger partial charge < -0.3 is 0 Å². The van der Waals surface area contributed by atoms with E-state index >= 15 is 0 Å². The number of hydrogen-bond acceptors (Lipinski definition) is 4. The SMILES string of the molecule is Cc1ccc(SON2C(=O)c3cccc4cccc(c34)C2=O)cc1. The van der Waals surface area contributed by atoms with E-state index in [9.17, 15) is 9.59 Å². The van der Waals surface area contributed by atoms with Crippen LogP contribution in [0.3, 0.4) is 0 Å². The standard InChI is InChI=1S/C19H13NO3S/c1-12-8-10-14(11-9-12)24-23-20-18(21)15-6-2-4-13-5-3-7-16(17(13)15)19(20)22/h2-11H,1H3. The highest BCUT2D eigenvalue weighted by molar-refractivity contribution is 7.94. The number of nitrogens with zero attached hydrogens (tertiary/aromatic N) is 1. The highest BCUT2D eigenvalue weighted by Crippen LogP contribution is 2.32. The predicted molar refractivity (Wildman–Crippen MR) is 92.6 cm³/mol. The number of carbonyl (C=O) groups excluding carboxylic acids is 2. The number of benzene rings is 3. The van der Waals surface area contributed by atoms with Crippen molar-refractivity contribution in [2.75, 3.05) is 0 Å². The van der Waals surface area contributed by atoms with Crippen molar-refractivity contribution < 1.29 is 13.9 Å². The van der Waals surface area contributed by atoms with Gasteiger partial charge in [0.25, 0.3) is 11.8 Å². The minimum Gasteiger partial charge on any atom is -0.266 e. The van der Waals surface area contributed by atoms with Crippen LogP contribution in [-0.4, -0.2) is 16.9 Å². The molecule has 0 N–H and O–H groups in total. The summed E-state index contributed by atoms with van der Waals surface area (Å²) in [6, 6.07) is 18.5. The lowest BCUT2D eigenvalue weighted by Gasteiger charge is -2.25. The van der Waals surface area contributed by atoms with Crippen LogP contribution in [0, 0.1) is 6.92 Å². The first-order chi connectivity index (χ1) is 11.6. The molecule has 0 radical (unpaired) electrons. The van der Waals surface area contributed by atoms with Gasteiger partial charge >= 0.3 is 0 Å². The molecule has 3 aromatic rings. The van der Waals surface area contributed by atoms with Crippen LogP contribution in [0.5, 0.6) is 0 Å². The van der Waals surface area contributed by atoms with Gasteiger partial charge in [-0.25, -0.2) is 0 Å². The molecule has 4 nitrogen and oxygen atoms in total. The molecule has 5 heteroatoms. The fourth-order valence-corrected chi connectivity index (χ4v) is 3.29. The average molecular weight is 335 g/mol. The molecule has 0 unspecified atom stereocenters. The van der Waals surface area contributed by atoms with E-state index in [4.69, 9.17) is 4.28 Å². The van der Waals surface area contributed by atoms with E-state index in [1.54, 1.807) is 24.3 Å². The number of aryl methyl sites for hydroxylation is 1. The summed E-state index contributed by atoms with van der Waals surface area (Å²) in [5.74, 6) is -0.882. The van der Waals surface area contributed by atoms with Crippen LogP contribution in [0.2, 0.25) is 0 Å². The Kier molecular flexibility index (Phi) is 3.59. The second-order valence-electron chi connectivity index (χ2n) is 5.58. The summed E-state index contributed by atoms with van der Waals surface area (Å²) < 4.78 is 5.47. The van der Waals surface area contributed by atoms with Gasteiger partial charge in [0, 0.05) is 10.3 Å². The molecule has 0 fully saturated rings. The van der Waals surface area contributed by atoms with Crippen molar-refractivity contribution in [2.45, 2.75) is 11.8 Å². The monoisotopic (exact) mass is 335 g/mol. The molecule has 0 spiro atoms. The fraction of sp³-hybridized carbons (Fsp3) is 0.0526. The van der Waals surface area contributed by atoms with E-state index < -0.39 is 11.8 Å². The van der Waals surface area contributed by atoms with E-state index in [2.05, 4.69) is 0 Å². The topological polar surface area (TPSA) is 46.6 Å². The van der Waals surface area contributed by atoms with Crippen LogP contribution in [-0.2, 0) is 4.28 Å². The van der Waals surface area contributed by atoms with Crippen molar-refractivity contribution in [2.24, 2.45) is 0 Å². The molecule has 0 bridgehead atoms. The zero-order valence-corrected chi connectivity index (χ0v) is 13.7. The maximum absolute atomic E-state index is 12.7. The lowest BCUT2D eigenvalue weighted by Crippen LogP contribution is -2.38. The second-order valence-corrected chi connectivity index (χ2v) is 6.37. The van der Waals surface area contributed by atoms with E-state index in [-0.39, 0.29) is 0 Å². The molecule has 2 amide bonds. The maximum atomic E-state index is 12.7. The zero-order valence-electron chi connectivity index (χ0n) is 12.9. The van der Waals surface area contributed by atoms with E-state index in [0.29, 0.717) is 16.5 Å². The first-order valence-corrected chi connectivity index (χ1v) is 8.21. The highest BCUT2D eigenvalue weighted by atomic mass is 32.2. The molecule has 118 valence electrons. The third kappa shape index (κ3) is 2.38. The number of amides is 2. The maximum Gasteiger partial charge on any atom is 0.286 e. The molecular formula is C19H13NO3S. The van der Waals surface area contributed by atoms with Crippen molar-refractivity contribution >= 4 is 34.6 Å². The third-order valence-electron chi connectivity index (χ3n) is 3.96. The molecule has 1 heterocycles. The average Bonchev–Trinajstić information content (AvgIpc) is 2.61. The number of carbonyl (C=O) groups is 2. The summed E-state index contributed by atoms with van der Waals surface area (Å²) in [6.45, 7) is 1.99. The van der Waals surface area contributed by atoms with Gasteiger partial charge in [-0.2, -0.15) is 4.28 Å².